The number of nitrogens with zero attached hydrogens (tertiary/aromatic N) is 18. The van der Waals surface area contributed by atoms with Crippen LogP contribution in [0.15, 0.2) is 192 Å². The molecule has 6 aromatic carbocycles. The molecule has 0 amide bonds. The lowest BCUT2D eigenvalue weighted by Crippen LogP contribution is -2.26. The first-order chi connectivity index (χ1) is 59.1. The van der Waals surface area contributed by atoms with Gasteiger partial charge in [0.05, 0.1) is 82.8 Å². The highest BCUT2D eigenvalue weighted by molar-refractivity contribution is 6.32. The van der Waals surface area contributed by atoms with Gasteiger partial charge in [-0.15, -0.1) is 15.3 Å². The lowest BCUT2D eigenvalue weighted by atomic mass is 10.0. The third kappa shape index (κ3) is 12.6. The van der Waals surface area contributed by atoms with Gasteiger partial charge in [-0.05, 0) is 183 Å². The summed E-state index contributed by atoms with van der Waals surface area (Å²) in [6.07, 6.45) is 10.9. The predicted octanol–water partition coefficient (Wildman–Crippen LogP) is 18.8. The Labute approximate surface area is 714 Å². The summed E-state index contributed by atoms with van der Waals surface area (Å²) in [5, 5.41) is 40.6. The number of halogens is 9. The van der Waals surface area contributed by atoms with Crippen molar-refractivity contribution in [3.63, 3.8) is 0 Å². The number of benzene rings is 6. The fraction of sp³-hybridized carbons (Fsp3) is 0.198. The molecular weight excluding hydrogens is 1690 g/mol. The van der Waals surface area contributed by atoms with Crippen molar-refractivity contribution < 1.29 is 26.7 Å². The molecule has 24 rings (SSSR count). The van der Waals surface area contributed by atoms with Crippen LogP contribution in [0.4, 0.5) is 13.2 Å². The molecule has 3 fully saturated rings. The monoisotopic (exact) mass is 1750 g/mol. The van der Waals surface area contributed by atoms with E-state index in [1.165, 1.54) is 16.8 Å². The van der Waals surface area contributed by atoms with Crippen molar-refractivity contribution in [1.29, 1.82) is 0 Å². The Bertz CT molecular complexity index is 7620. The Balaban J connectivity index is 0.000000109. The van der Waals surface area contributed by atoms with Crippen LogP contribution in [0.2, 0.25) is 30.5 Å². The molecule has 0 saturated heterocycles. The third-order valence-electron chi connectivity index (χ3n) is 24.1. The number of hydrogen-bond acceptors (Lipinski definition) is 18. The maximum Gasteiger partial charge on any atom is 0.252 e. The molecule has 9 unspecified atom stereocenters. The largest absolute Gasteiger partial charge is 0.356 e. The number of aryl methyl sites for hydroxylation is 3. The number of nitrogens with one attached hydrogen (secondary N) is 3. The van der Waals surface area contributed by atoms with E-state index in [2.05, 4.69) is 84.3 Å². The number of imidazole rings is 3. The van der Waals surface area contributed by atoms with Crippen LogP contribution in [0.25, 0.3) is 117 Å². The molecule has 9 atom stereocenters. The van der Waals surface area contributed by atoms with Gasteiger partial charge in [0.15, 0.2) is 32.4 Å². The molecule has 3 aliphatic heterocycles. The number of aromatic nitrogens is 21. The topological polar surface area (TPSA) is 322 Å². The number of hydrogen-bond donors (Lipinski definition) is 3. The van der Waals surface area contributed by atoms with E-state index < -0.39 is 29.8 Å². The van der Waals surface area contributed by atoms with Crippen LogP contribution in [0.5, 0.6) is 0 Å². The molecule has 0 radical (unpaired) electrons. The molecule has 27 nitrogen and oxygen atoms in total. The smallest absolute Gasteiger partial charge is 0.252 e. The van der Waals surface area contributed by atoms with Crippen LogP contribution in [0.1, 0.15) is 121 Å². The minimum absolute atomic E-state index is 0.0496. The minimum atomic E-state index is -0.792. The first-order valence-corrected chi connectivity index (χ1v) is 41.2. The summed E-state index contributed by atoms with van der Waals surface area (Å²) >= 11 is 37.1. The summed E-state index contributed by atoms with van der Waals surface area (Å²) in [7, 11) is 0. The fourth-order valence-electron chi connectivity index (χ4n) is 18.3. The fourth-order valence-corrected chi connectivity index (χ4v) is 19.2. The van der Waals surface area contributed by atoms with Gasteiger partial charge >= 0.3 is 0 Å². The Morgan fingerprint density at radius 1 is 0.434 bits per heavy atom. The van der Waals surface area contributed by atoms with Crippen LogP contribution < -0.4 is 16.7 Å². The van der Waals surface area contributed by atoms with Crippen molar-refractivity contribution in [3.8, 4) is 84.2 Å². The van der Waals surface area contributed by atoms with Crippen LogP contribution in [0.3, 0.4) is 0 Å². The van der Waals surface area contributed by atoms with Crippen LogP contribution in [-0.2, 0) is 12.8 Å². The number of fused-ring (bicyclic) bond motifs is 12. The quantitative estimate of drug-likeness (QED) is 0.0910. The molecule has 0 spiro atoms. The number of pyridine rings is 3. The number of H-pyrrole nitrogens is 3. The van der Waals surface area contributed by atoms with Gasteiger partial charge in [0.1, 0.15) is 28.9 Å². The molecule has 3 aliphatic carbocycles. The molecule has 15 heterocycles. The summed E-state index contributed by atoms with van der Waals surface area (Å²) in [5.74, 6) is 0.447. The lowest BCUT2D eigenvalue weighted by Gasteiger charge is -2.18. The zero-order chi connectivity index (χ0) is 83.3. The molecule has 12 aromatic heterocycles. The van der Waals surface area contributed by atoms with E-state index in [0.717, 1.165) is 116 Å². The zero-order valence-corrected chi connectivity index (χ0v) is 68.3. The van der Waals surface area contributed by atoms with Gasteiger partial charge < -0.3 is 42.2 Å². The van der Waals surface area contributed by atoms with Gasteiger partial charge in [-0.25, -0.2) is 33.4 Å². The Morgan fingerprint density at radius 2 is 0.852 bits per heavy atom. The highest BCUT2D eigenvalue weighted by Gasteiger charge is 2.57. The molecule has 0 bridgehead atoms. The Morgan fingerprint density at radius 3 is 1.30 bits per heavy atom. The van der Waals surface area contributed by atoms with Crippen LogP contribution in [0, 0.1) is 42.4 Å². The second kappa shape index (κ2) is 28.7. The van der Waals surface area contributed by atoms with E-state index in [1.807, 2.05) is 78.4 Å². The molecular formula is C86H58Cl6F3N21O6. The third-order valence-corrected chi connectivity index (χ3v) is 25.3. The number of rotatable bonds is 14. The lowest BCUT2D eigenvalue weighted by molar-refractivity contribution is 0.435. The molecule has 122 heavy (non-hydrogen) atoms. The summed E-state index contributed by atoms with van der Waals surface area (Å²) in [5.41, 5.74) is 14.5. The van der Waals surface area contributed by atoms with Crippen molar-refractivity contribution >= 4 is 103 Å². The Kier molecular flexibility index (Phi) is 17.7. The Hall–Kier alpha value is -12.8. The summed E-state index contributed by atoms with van der Waals surface area (Å²) in [6, 6.07) is 40.3. The van der Waals surface area contributed by atoms with Gasteiger partial charge in [0.25, 0.3) is 16.7 Å². The normalized spacial score (nSPS) is 19.1. The molecule has 606 valence electrons. The maximum absolute atomic E-state index is 15.3. The van der Waals surface area contributed by atoms with E-state index in [1.54, 1.807) is 105 Å². The van der Waals surface area contributed by atoms with Crippen molar-refractivity contribution in [3.05, 3.63) is 295 Å². The maximum atomic E-state index is 15.3. The molecule has 6 aliphatic rings. The highest BCUT2D eigenvalue weighted by Crippen LogP contribution is 2.63. The number of aromatic amines is 3. The highest BCUT2D eigenvalue weighted by atomic mass is 35.5. The molecule has 3 N–H and O–H groups in total. The zero-order valence-electron chi connectivity index (χ0n) is 63.7. The van der Waals surface area contributed by atoms with Crippen LogP contribution in [-0.4, -0.2) is 104 Å². The average molecular weight is 1750 g/mol. The average Bonchev–Trinajstić information content (AvgIpc) is 1.55. The second-order valence-corrected chi connectivity index (χ2v) is 33.6. The molecule has 36 heteroatoms. The summed E-state index contributed by atoms with van der Waals surface area (Å²) in [4.78, 5) is 63.8. The van der Waals surface area contributed by atoms with Crippen molar-refractivity contribution in [2.75, 3.05) is 0 Å². The molecule has 18 aromatic rings. The standard InChI is InChI=1S/C29H20Cl2FN7O2.C29H21Cl2N7O2.C28H17Cl2F2N7O2/c1-2-20-16-5-3-13(8-23(16)41-36-20)26-28(32)34-29(33-26)27-19-11-18(19)22-7-14(9-25(40)39(22)27)17-10-15(30)4-6-21(17)38-12-24(31)35-37-38;1-2-21-17-5-3-14(8-25(17)40-35-21)22-12-32-29(33-22)28-20-11-19(20)24-7-15(9-27(39)38(24)28)18-10-16(30)4-6-23(18)37-13-26(31)34-36-37;1-11-14-3-4-15(23(31)26(14)41-36-11)24-27(32)34-28(33-24)25-18-9-17(18)20-6-12(7-22(40)39(20)25)16-8-13(29)2-5-19(16)38-10-21(30)35-37-38/h3-10,12,18-19,27H,2,11H2,1H3,(H,33,34);3-10,12-13,19-20,28H,2,11H2,1H3,(H,32,33);2-8,10,17-18,25H,9H2,1H3,(H,33,34). The minimum Gasteiger partial charge on any atom is -0.356 e. The van der Waals surface area contributed by atoms with E-state index in [0.29, 0.717) is 83.0 Å². The van der Waals surface area contributed by atoms with E-state index in [-0.39, 0.29) is 90.2 Å². The van der Waals surface area contributed by atoms with Gasteiger partial charge in [-0.3, -0.25) is 14.4 Å². The SMILES string of the molecule is CCc1noc2cc(-c3cnc(C4C5CC5c5cc(-c6cc(Cl)ccc6-n6cc(Cl)nn6)cc(=O)n54)[nH]3)ccc12.CCc1noc2cc(-c3nc(C4C5CC5c5cc(-c6cc(Cl)ccc6-n6cc(Cl)nn6)cc(=O)n54)[nH]c3F)ccc12.Cc1noc2c(F)c(-c3nc(C4C5CC5c5cc(-c6cc(Cl)ccc6-n6cc(Cl)nn6)cc(=O)n54)[nH]c3F)ccc12. The summed E-state index contributed by atoms with van der Waals surface area (Å²) < 4.78 is 71.8. The van der Waals surface area contributed by atoms with E-state index in [4.69, 9.17) is 88.2 Å². The molecule has 3 saturated carbocycles. The second-order valence-electron chi connectivity index (χ2n) is 31.1. The van der Waals surface area contributed by atoms with Gasteiger partial charge in [-0.2, -0.15) is 8.78 Å². The van der Waals surface area contributed by atoms with Crippen molar-refractivity contribution in [2.24, 2.45) is 17.8 Å². The van der Waals surface area contributed by atoms with Gasteiger partial charge in [0, 0.05) is 118 Å². The van der Waals surface area contributed by atoms with Crippen LogP contribution >= 0.6 is 69.6 Å². The first-order valence-electron chi connectivity index (χ1n) is 39.0. The predicted molar refractivity (Wildman–Crippen MR) is 448 cm³/mol. The van der Waals surface area contributed by atoms with E-state index >= 15 is 13.2 Å². The summed E-state index contributed by atoms with van der Waals surface area (Å²) in [6.45, 7) is 5.76. The first kappa shape index (κ1) is 75.4. The van der Waals surface area contributed by atoms with E-state index in [9.17, 15) is 14.4 Å². The van der Waals surface area contributed by atoms with Crippen molar-refractivity contribution in [2.45, 2.75) is 88.8 Å². The van der Waals surface area contributed by atoms with Gasteiger partial charge in [-0.1, -0.05) is 127 Å². The van der Waals surface area contributed by atoms with Crippen molar-refractivity contribution in [1.82, 2.24) is 104 Å². The van der Waals surface area contributed by atoms with Gasteiger partial charge in [0.2, 0.25) is 17.5 Å².